The zero-order valence-corrected chi connectivity index (χ0v) is 18.6. The van der Waals surface area contributed by atoms with E-state index in [4.69, 9.17) is 4.74 Å². The Labute approximate surface area is 174 Å². The molecule has 1 aromatic carbocycles. The molecule has 0 fully saturated rings. The predicted molar refractivity (Wildman–Crippen MR) is 118 cm³/mol. The number of aromatic hydroxyl groups is 1. The maximum Gasteiger partial charge on any atom is 0.191 e. The third-order valence-electron chi connectivity index (χ3n) is 3.94. The second-order valence-electron chi connectivity index (χ2n) is 6.58. The maximum absolute atomic E-state index is 9.97. The number of aliphatic imine (C=N–C) groups is 1. The normalized spacial score (nSPS) is 12.5. The Morgan fingerprint density at radius 1 is 1.27 bits per heavy atom. The molecule has 1 unspecified atom stereocenters. The summed E-state index contributed by atoms with van der Waals surface area (Å²) in [5.41, 5.74) is 0.714. The lowest BCUT2D eigenvalue weighted by Crippen LogP contribution is -2.40. The van der Waals surface area contributed by atoms with Crippen molar-refractivity contribution in [2.45, 2.75) is 40.2 Å². The third-order valence-corrected chi connectivity index (χ3v) is 3.94. The summed E-state index contributed by atoms with van der Waals surface area (Å²) in [7, 11) is 1.60. The molecule has 0 aliphatic carbocycles. The minimum absolute atomic E-state index is 0. The maximum atomic E-state index is 9.97. The lowest BCUT2D eigenvalue weighted by Gasteiger charge is -2.20. The summed E-state index contributed by atoms with van der Waals surface area (Å²) >= 11 is 0. The van der Waals surface area contributed by atoms with Crippen LogP contribution in [0.1, 0.15) is 39.2 Å². The van der Waals surface area contributed by atoms with Gasteiger partial charge in [0, 0.05) is 25.3 Å². The fraction of sp³-hybridized carbons (Fsp3) is 0.632. The third kappa shape index (κ3) is 9.47. The van der Waals surface area contributed by atoms with Crippen LogP contribution in [0.3, 0.4) is 0 Å². The Morgan fingerprint density at radius 2 is 2.00 bits per heavy atom. The number of benzene rings is 1. The largest absolute Gasteiger partial charge is 0.508 e. The van der Waals surface area contributed by atoms with Gasteiger partial charge in [0.15, 0.2) is 5.96 Å². The van der Waals surface area contributed by atoms with E-state index in [2.05, 4.69) is 29.5 Å². The van der Waals surface area contributed by atoms with E-state index in [0.717, 1.165) is 25.9 Å². The smallest absolute Gasteiger partial charge is 0.191 e. The number of rotatable bonds is 10. The van der Waals surface area contributed by atoms with Gasteiger partial charge < -0.3 is 25.6 Å². The minimum Gasteiger partial charge on any atom is -0.508 e. The van der Waals surface area contributed by atoms with Gasteiger partial charge in [-0.3, -0.25) is 0 Å². The number of methoxy groups -OCH3 is 1. The van der Waals surface area contributed by atoms with Crippen molar-refractivity contribution in [3.63, 3.8) is 0 Å². The van der Waals surface area contributed by atoms with Crippen LogP contribution in [0.5, 0.6) is 11.5 Å². The summed E-state index contributed by atoms with van der Waals surface area (Å²) in [5.74, 6) is 2.60. The first-order valence-corrected chi connectivity index (χ1v) is 8.99. The average molecular weight is 479 g/mol. The van der Waals surface area contributed by atoms with Gasteiger partial charge >= 0.3 is 0 Å². The highest BCUT2D eigenvalue weighted by Crippen LogP contribution is 2.23. The van der Waals surface area contributed by atoms with E-state index < -0.39 is 0 Å². The quantitative estimate of drug-likeness (QED) is 0.236. The van der Waals surface area contributed by atoms with E-state index >= 15 is 0 Å². The Morgan fingerprint density at radius 3 is 2.58 bits per heavy atom. The number of nitrogens with zero attached hydrogens (tertiary/aromatic N) is 1. The Bertz CT molecular complexity index is 539. The first-order chi connectivity index (χ1) is 12.0. The van der Waals surface area contributed by atoms with Crippen molar-refractivity contribution in [2.24, 2.45) is 16.8 Å². The summed E-state index contributed by atoms with van der Waals surface area (Å²) in [5, 5.41) is 25.8. The number of hydrogen-bond acceptors (Lipinski definition) is 4. The summed E-state index contributed by atoms with van der Waals surface area (Å²) in [6, 6.07) is 5.12. The first-order valence-electron chi connectivity index (χ1n) is 8.99. The number of guanidine groups is 1. The minimum atomic E-state index is 0. The van der Waals surface area contributed by atoms with E-state index in [1.165, 1.54) is 0 Å². The molecule has 0 spiro atoms. The van der Waals surface area contributed by atoms with E-state index in [1.807, 2.05) is 6.92 Å². The Kier molecular flexibility index (Phi) is 13.3. The SMILES string of the molecule is CCNC(=NCc1cc(OC)ccc1O)NCC(CCO)CC(C)C.I. The van der Waals surface area contributed by atoms with Crippen molar-refractivity contribution in [3.05, 3.63) is 23.8 Å². The van der Waals surface area contributed by atoms with Gasteiger partial charge in [0.25, 0.3) is 0 Å². The monoisotopic (exact) mass is 479 g/mol. The van der Waals surface area contributed by atoms with Crippen molar-refractivity contribution < 1.29 is 14.9 Å². The zero-order chi connectivity index (χ0) is 18.7. The van der Waals surface area contributed by atoms with Crippen molar-refractivity contribution in [1.29, 1.82) is 0 Å². The van der Waals surface area contributed by atoms with E-state index in [-0.39, 0.29) is 36.3 Å². The molecular weight excluding hydrogens is 445 g/mol. The summed E-state index contributed by atoms with van der Waals surface area (Å²) in [6.07, 6.45) is 1.84. The van der Waals surface area contributed by atoms with Gasteiger partial charge in [-0.25, -0.2) is 4.99 Å². The molecule has 0 bridgehead atoms. The molecule has 4 N–H and O–H groups in total. The molecule has 7 heteroatoms. The predicted octanol–water partition coefficient (Wildman–Crippen LogP) is 3.12. The molecule has 0 aliphatic rings. The number of nitrogens with one attached hydrogen (secondary N) is 2. The van der Waals surface area contributed by atoms with Gasteiger partial charge in [-0.1, -0.05) is 13.8 Å². The lowest BCUT2D eigenvalue weighted by molar-refractivity contribution is 0.243. The molecular formula is C19H34IN3O3. The van der Waals surface area contributed by atoms with Gasteiger partial charge in [-0.05, 0) is 49.8 Å². The highest BCUT2D eigenvalue weighted by molar-refractivity contribution is 14.0. The van der Waals surface area contributed by atoms with Crippen LogP contribution >= 0.6 is 24.0 Å². The summed E-state index contributed by atoms with van der Waals surface area (Å²) < 4.78 is 5.19. The highest BCUT2D eigenvalue weighted by Gasteiger charge is 2.11. The van der Waals surface area contributed by atoms with Crippen molar-refractivity contribution >= 4 is 29.9 Å². The first kappa shape index (κ1) is 24.8. The average Bonchev–Trinajstić information content (AvgIpc) is 2.58. The van der Waals surface area contributed by atoms with Crippen LogP contribution in [0.25, 0.3) is 0 Å². The highest BCUT2D eigenvalue weighted by atomic mass is 127. The van der Waals surface area contributed by atoms with E-state index in [1.54, 1.807) is 25.3 Å². The van der Waals surface area contributed by atoms with Crippen molar-refractivity contribution in [2.75, 3.05) is 26.8 Å². The number of ether oxygens (including phenoxy) is 1. The Hall–Kier alpha value is -1.22. The van der Waals surface area contributed by atoms with E-state index in [9.17, 15) is 10.2 Å². The summed E-state index contributed by atoms with van der Waals surface area (Å²) in [6.45, 7) is 8.46. The fourth-order valence-electron chi connectivity index (χ4n) is 2.71. The van der Waals surface area contributed by atoms with Gasteiger partial charge in [-0.2, -0.15) is 0 Å². The molecule has 150 valence electrons. The molecule has 0 aromatic heterocycles. The number of phenols is 1. The summed E-state index contributed by atoms with van der Waals surface area (Å²) in [4.78, 5) is 4.55. The van der Waals surface area contributed by atoms with Crippen LogP contribution in [-0.2, 0) is 6.54 Å². The molecule has 0 radical (unpaired) electrons. The molecule has 0 heterocycles. The van der Waals surface area contributed by atoms with Crippen LogP contribution < -0.4 is 15.4 Å². The zero-order valence-electron chi connectivity index (χ0n) is 16.3. The van der Waals surface area contributed by atoms with Gasteiger partial charge in [0.2, 0.25) is 0 Å². The second-order valence-corrected chi connectivity index (χ2v) is 6.58. The fourth-order valence-corrected chi connectivity index (χ4v) is 2.71. The standard InChI is InChI=1S/C19H33N3O3.HI/c1-5-20-19(21-12-15(8-9-23)10-14(2)3)22-13-16-11-17(25-4)6-7-18(16)24;/h6-7,11,14-15,23-24H,5,8-10,12-13H2,1-4H3,(H2,20,21,22);1H. The molecule has 1 rings (SSSR count). The van der Waals surface area contributed by atoms with Crippen molar-refractivity contribution in [1.82, 2.24) is 10.6 Å². The van der Waals surface area contributed by atoms with Crippen LogP contribution in [0.15, 0.2) is 23.2 Å². The van der Waals surface area contributed by atoms with Crippen LogP contribution in [0.4, 0.5) is 0 Å². The molecule has 0 saturated heterocycles. The molecule has 26 heavy (non-hydrogen) atoms. The van der Waals surface area contributed by atoms with Gasteiger partial charge in [0.1, 0.15) is 11.5 Å². The second kappa shape index (κ2) is 13.9. The van der Waals surface area contributed by atoms with Gasteiger partial charge in [0.05, 0.1) is 13.7 Å². The molecule has 1 aromatic rings. The Balaban J connectivity index is 0.00000625. The van der Waals surface area contributed by atoms with Crippen molar-refractivity contribution in [3.8, 4) is 11.5 Å². The molecule has 0 aliphatic heterocycles. The van der Waals surface area contributed by atoms with Crippen LogP contribution in [-0.4, -0.2) is 43.0 Å². The number of phenolic OH excluding ortho intramolecular Hbond substituents is 1. The lowest BCUT2D eigenvalue weighted by atomic mass is 9.94. The number of aliphatic hydroxyl groups excluding tert-OH is 1. The molecule has 6 nitrogen and oxygen atoms in total. The molecule has 0 amide bonds. The van der Waals surface area contributed by atoms with Gasteiger partial charge in [-0.15, -0.1) is 24.0 Å². The molecule has 1 atom stereocenters. The van der Waals surface area contributed by atoms with Crippen LogP contribution in [0.2, 0.25) is 0 Å². The van der Waals surface area contributed by atoms with Crippen LogP contribution in [0, 0.1) is 11.8 Å². The number of hydrogen-bond donors (Lipinski definition) is 4. The molecule has 0 saturated carbocycles. The number of halogens is 1. The van der Waals surface area contributed by atoms with E-state index in [0.29, 0.717) is 35.7 Å². The topological polar surface area (TPSA) is 86.1 Å². The number of aliphatic hydroxyl groups is 1.